The maximum atomic E-state index is 12.4. The third kappa shape index (κ3) is 5.44. The number of methoxy groups -OCH3 is 1. The van der Waals surface area contributed by atoms with E-state index < -0.39 is 10.0 Å². The number of hydrogen-bond donors (Lipinski definition) is 1. The summed E-state index contributed by atoms with van der Waals surface area (Å²) in [4.78, 5) is 2.69. The fourth-order valence-corrected chi connectivity index (χ4v) is 5.17. The standard InChI is InChI=1S/C17H27BrN2O3S/c1-13-9-14(2)12-20(11-13)8-4-7-19-24(21,22)15-5-6-17(23-3)16(18)10-15/h5-6,10,13-14,19H,4,7-9,11-12H2,1-3H3/t13-,14-/m0/s1. The van der Waals surface area contributed by atoms with Crippen LogP contribution in [-0.4, -0.2) is 46.6 Å². The van der Waals surface area contributed by atoms with Crippen LogP contribution in [0.4, 0.5) is 0 Å². The van der Waals surface area contributed by atoms with Crippen molar-refractivity contribution < 1.29 is 13.2 Å². The van der Waals surface area contributed by atoms with E-state index in [1.54, 1.807) is 25.3 Å². The molecule has 1 heterocycles. The number of nitrogens with zero attached hydrogens (tertiary/aromatic N) is 1. The second-order valence-corrected chi connectivity index (χ2v) is 9.37. The van der Waals surface area contributed by atoms with Crippen molar-refractivity contribution in [2.45, 2.75) is 31.6 Å². The molecular weight excluding hydrogens is 392 g/mol. The number of benzene rings is 1. The molecule has 0 unspecified atom stereocenters. The molecule has 24 heavy (non-hydrogen) atoms. The lowest BCUT2D eigenvalue weighted by molar-refractivity contribution is 0.140. The zero-order valence-electron chi connectivity index (χ0n) is 14.6. The number of ether oxygens (including phenoxy) is 1. The Balaban J connectivity index is 1.83. The molecule has 136 valence electrons. The molecule has 0 aromatic heterocycles. The van der Waals surface area contributed by atoms with Crippen LogP contribution in [0.25, 0.3) is 0 Å². The minimum absolute atomic E-state index is 0.246. The third-order valence-electron chi connectivity index (χ3n) is 4.32. The number of hydrogen-bond acceptors (Lipinski definition) is 4. The third-order valence-corrected chi connectivity index (χ3v) is 6.40. The maximum absolute atomic E-state index is 12.4. The Kier molecular flexibility index (Phi) is 7.10. The largest absolute Gasteiger partial charge is 0.496 e. The van der Waals surface area contributed by atoms with E-state index in [1.165, 1.54) is 6.42 Å². The van der Waals surface area contributed by atoms with E-state index in [0.717, 1.165) is 37.9 Å². The van der Waals surface area contributed by atoms with Crippen molar-refractivity contribution in [2.24, 2.45) is 11.8 Å². The maximum Gasteiger partial charge on any atom is 0.240 e. The van der Waals surface area contributed by atoms with Crippen LogP contribution in [0.1, 0.15) is 26.7 Å². The Labute approximate surface area is 153 Å². The Morgan fingerprint density at radius 1 is 1.29 bits per heavy atom. The fourth-order valence-electron chi connectivity index (χ4n) is 3.38. The molecule has 2 atom stereocenters. The average molecular weight is 419 g/mol. The zero-order chi connectivity index (χ0) is 17.7. The van der Waals surface area contributed by atoms with Gasteiger partial charge in [0.05, 0.1) is 16.5 Å². The molecule has 5 nitrogen and oxygen atoms in total. The van der Waals surface area contributed by atoms with E-state index in [9.17, 15) is 8.42 Å². The SMILES string of the molecule is COc1ccc(S(=O)(=O)NCCCN2C[C@@H](C)C[C@H](C)C2)cc1Br. The molecule has 0 aliphatic carbocycles. The molecular formula is C17H27BrN2O3S. The molecule has 1 aliphatic rings. The van der Waals surface area contributed by atoms with Crippen LogP contribution in [0.2, 0.25) is 0 Å². The Bertz CT molecular complexity index is 641. The van der Waals surface area contributed by atoms with Crippen LogP contribution in [0.15, 0.2) is 27.6 Å². The van der Waals surface area contributed by atoms with Gasteiger partial charge in [-0.15, -0.1) is 0 Å². The van der Waals surface area contributed by atoms with Crippen molar-refractivity contribution in [3.8, 4) is 5.75 Å². The number of piperidine rings is 1. The topological polar surface area (TPSA) is 58.6 Å². The van der Waals surface area contributed by atoms with Gasteiger partial charge in [0, 0.05) is 19.6 Å². The van der Waals surface area contributed by atoms with Crippen molar-refractivity contribution in [3.63, 3.8) is 0 Å². The van der Waals surface area contributed by atoms with Gasteiger partial charge in [-0.2, -0.15) is 0 Å². The Morgan fingerprint density at radius 3 is 2.54 bits per heavy atom. The number of halogens is 1. The van der Waals surface area contributed by atoms with Crippen LogP contribution in [0.3, 0.4) is 0 Å². The summed E-state index contributed by atoms with van der Waals surface area (Å²) in [5.41, 5.74) is 0. The second kappa shape index (κ2) is 8.65. The summed E-state index contributed by atoms with van der Waals surface area (Å²) in [5, 5.41) is 0. The lowest BCUT2D eigenvalue weighted by Crippen LogP contribution is -2.40. The van der Waals surface area contributed by atoms with Crippen LogP contribution < -0.4 is 9.46 Å². The zero-order valence-corrected chi connectivity index (χ0v) is 17.0. The fraction of sp³-hybridized carbons (Fsp3) is 0.647. The molecule has 1 saturated heterocycles. The van der Waals surface area contributed by atoms with Crippen LogP contribution in [0, 0.1) is 11.8 Å². The average Bonchev–Trinajstić information content (AvgIpc) is 2.50. The summed E-state index contributed by atoms with van der Waals surface area (Å²) < 4.78 is 33.1. The highest BCUT2D eigenvalue weighted by Crippen LogP contribution is 2.27. The first-order valence-electron chi connectivity index (χ1n) is 8.37. The van der Waals surface area contributed by atoms with Gasteiger partial charge in [0.1, 0.15) is 5.75 Å². The van der Waals surface area contributed by atoms with Crippen LogP contribution >= 0.6 is 15.9 Å². The first kappa shape index (κ1) is 19.7. The molecule has 0 amide bonds. The van der Waals surface area contributed by atoms with Gasteiger partial charge in [-0.1, -0.05) is 13.8 Å². The molecule has 1 aromatic carbocycles. The molecule has 1 aromatic rings. The van der Waals surface area contributed by atoms with Gasteiger partial charge >= 0.3 is 0 Å². The van der Waals surface area contributed by atoms with Gasteiger partial charge in [0.15, 0.2) is 0 Å². The molecule has 0 bridgehead atoms. The summed E-state index contributed by atoms with van der Waals surface area (Å²) in [6, 6.07) is 4.77. The van der Waals surface area contributed by atoms with Gasteiger partial charge in [-0.3, -0.25) is 0 Å². The normalized spacial score (nSPS) is 22.5. The summed E-state index contributed by atoms with van der Waals surface area (Å²) in [6.07, 6.45) is 2.10. The van der Waals surface area contributed by atoms with Gasteiger partial charge in [-0.25, -0.2) is 13.1 Å². The van der Waals surface area contributed by atoms with E-state index in [4.69, 9.17) is 4.74 Å². The van der Waals surface area contributed by atoms with E-state index in [2.05, 4.69) is 39.4 Å². The van der Waals surface area contributed by atoms with Gasteiger partial charge in [0.25, 0.3) is 0 Å². The summed E-state index contributed by atoms with van der Waals surface area (Å²) in [5.74, 6) is 2.06. The second-order valence-electron chi connectivity index (χ2n) is 6.75. The highest BCUT2D eigenvalue weighted by atomic mass is 79.9. The predicted molar refractivity (Wildman–Crippen MR) is 99.9 cm³/mol. The van der Waals surface area contributed by atoms with Gasteiger partial charge in [0.2, 0.25) is 10.0 Å². The monoisotopic (exact) mass is 418 g/mol. The molecule has 1 aliphatic heterocycles. The molecule has 1 fully saturated rings. The first-order valence-corrected chi connectivity index (χ1v) is 10.6. The van der Waals surface area contributed by atoms with Gasteiger partial charge in [-0.05, 0) is 65.4 Å². The van der Waals surface area contributed by atoms with E-state index in [0.29, 0.717) is 16.8 Å². The summed E-state index contributed by atoms with van der Waals surface area (Å²) >= 11 is 3.32. The summed E-state index contributed by atoms with van der Waals surface area (Å²) in [7, 11) is -1.94. The molecule has 2 rings (SSSR count). The Hall–Kier alpha value is -0.630. The van der Waals surface area contributed by atoms with Crippen molar-refractivity contribution in [2.75, 3.05) is 33.3 Å². The number of likely N-dealkylation sites (tertiary alicyclic amines) is 1. The molecule has 0 saturated carbocycles. The smallest absolute Gasteiger partial charge is 0.240 e. The molecule has 0 radical (unpaired) electrons. The van der Waals surface area contributed by atoms with Crippen LogP contribution in [-0.2, 0) is 10.0 Å². The molecule has 0 spiro atoms. The van der Waals surface area contributed by atoms with Crippen molar-refractivity contribution in [1.82, 2.24) is 9.62 Å². The molecule has 1 N–H and O–H groups in total. The number of nitrogens with one attached hydrogen (secondary N) is 1. The highest BCUT2D eigenvalue weighted by Gasteiger charge is 2.21. The van der Waals surface area contributed by atoms with E-state index in [1.807, 2.05) is 0 Å². The predicted octanol–water partition coefficient (Wildman–Crippen LogP) is 3.10. The first-order chi connectivity index (χ1) is 11.3. The van der Waals surface area contributed by atoms with Crippen LogP contribution in [0.5, 0.6) is 5.75 Å². The lowest BCUT2D eigenvalue weighted by Gasteiger charge is -2.34. The number of rotatable bonds is 7. The summed E-state index contributed by atoms with van der Waals surface area (Å²) in [6.45, 7) is 8.18. The van der Waals surface area contributed by atoms with Crippen molar-refractivity contribution in [3.05, 3.63) is 22.7 Å². The highest BCUT2D eigenvalue weighted by molar-refractivity contribution is 9.10. The van der Waals surface area contributed by atoms with E-state index >= 15 is 0 Å². The molecule has 7 heteroatoms. The van der Waals surface area contributed by atoms with Crippen molar-refractivity contribution >= 4 is 26.0 Å². The minimum atomic E-state index is -3.49. The quantitative estimate of drug-likeness (QED) is 0.690. The van der Waals surface area contributed by atoms with Gasteiger partial charge < -0.3 is 9.64 Å². The number of sulfonamides is 1. The lowest BCUT2D eigenvalue weighted by atomic mass is 9.92. The Morgan fingerprint density at radius 2 is 1.96 bits per heavy atom. The minimum Gasteiger partial charge on any atom is -0.496 e. The van der Waals surface area contributed by atoms with Crippen molar-refractivity contribution in [1.29, 1.82) is 0 Å². The van der Waals surface area contributed by atoms with E-state index in [-0.39, 0.29) is 4.90 Å².